The largest absolute Gasteiger partial charge is 0.333 e. The quantitative estimate of drug-likeness (QED) is 0.875. The van der Waals surface area contributed by atoms with Crippen LogP contribution >= 0.6 is 0 Å². The molecule has 0 aliphatic carbocycles. The van der Waals surface area contributed by atoms with Crippen molar-refractivity contribution in [3.05, 3.63) is 35.9 Å². The van der Waals surface area contributed by atoms with E-state index in [1.807, 2.05) is 30.8 Å². The first-order valence-electron chi connectivity index (χ1n) is 6.13. The molecule has 0 amide bonds. The van der Waals surface area contributed by atoms with E-state index >= 15 is 0 Å². The Morgan fingerprint density at radius 3 is 2.68 bits per heavy atom. The molecule has 1 N–H and O–H groups in total. The molecule has 0 fully saturated rings. The normalized spacial score (nSPS) is 11.7. The van der Waals surface area contributed by atoms with Crippen molar-refractivity contribution in [3.8, 4) is 0 Å². The highest BCUT2D eigenvalue weighted by molar-refractivity contribution is 5.02. The number of halogens is 2. The Balaban J connectivity index is 1.87. The highest BCUT2D eigenvalue weighted by Crippen LogP contribution is 2.11. The highest BCUT2D eigenvalue weighted by Gasteiger charge is 2.11. The first-order chi connectivity index (χ1) is 9.08. The van der Waals surface area contributed by atoms with Gasteiger partial charge in [-0.25, -0.2) is 4.68 Å². The lowest BCUT2D eigenvalue weighted by atomic mass is 10.4. The van der Waals surface area contributed by atoms with E-state index in [2.05, 4.69) is 15.5 Å². The van der Waals surface area contributed by atoms with Gasteiger partial charge >= 0.3 is 6.55 Å². The lowest BCUT2D eigenvalue weighted by molar-refractivity contribution is 0.0531. The first kappa shape index (κ1) is 13.7. The number of hydrogen-bond donors (Lipinski definition) is 1. The molecule has 0 spiro atoms. The first-order valence-corrected chi connectivity index (χ1v) is 6.13. The molecule has 0 aliphatic rings. The van der Waals surface area contributed by atoms with Gasteiger partial charge in [-0.15, -0.1) is 0 Å². The molecule has 19 heavy (non-hydrogen) atoms. The Morgan fingerprint density at radius 2 is 2.05 bits per heavy atom. The predicted molar refractivity (Wildman–Crippen MR) is 66.6 cm³/mol. The van der Waals surface area contributed by atoms with Gasteiger partial charge in [0.2, 0.25) is 0 Å². The third-order valence-corrected chi connectivity index (χ3v) is 2.74. The Hall–Kier alpha value is -1.76. The lowest BCUT2D eigenvalue weighted by Gasteiger charge is -2.07. The summed E-state index contributed by atoms with van der Waals surface area (Å²) in [4.78, 5) is 0. The minimum atomic E-state index is -2.60. The predicted octanol–water partition coefficient (Wildman–Crippen LogP) is 2.35. The van der Waals surface area contributed by atoms with Crippen LogP contribution in [0.5, 0.6) is 0 Å². The van der Waals surface area contributed by atoms with Crippen LogP contribution in [0.15, 0.2) is 24.5 Å². The lowest BCUT2D eigenvalue weighted by Crippen LogP contribution is -2.17. The minimum absolute atomic E-state index is 0.314. The van der Waals surface area contributed by atoms with E-state index in [1.54, 1.807) is 6.07 Å². The van der Waals surface area contributed by atoms with Gasteiger partial charge < -0.3 is 5.32 Å². The van der Waals surface area contributed by atoms with Crippen molar-refractivity contribution in [2.75, 3.05) is 0 Å². The van der Waals surface area contributed by atoms with Gasteiger partial charge in [0.1, 0.15) is 0 Å². The molecule has 2 aromatic heterocycles. The molecule has 0 saturated heterocycles. The zero-order valence-corrected chi connectivity index (χ0v) is 10.9. The molecule has 2 aromatic rings. The van der Waals surface area contributed by atoms with E-state index in [0.717, 1.165) is 5.69 Å². The molecule has 2 heterocycles. The van der Waals surface area contributed by atoms with Crippen LogP contribution < -0.4 is 5.32 Å². The second-order valence-electron chi connectivity index (χ2n) is 4.53. The summed E-state index contributed by atoms with van der Waals surface area (Å²) in [5.41, 5.74) is 1.34. The number of hydrogen-bond acceptors (Lipinski definition) is 3. The molecule has 0 unspecified atom stereocenters. The molecular formula is C12H17F2N5. The van der Waals surface area contributed by atoms with Gasteiger partial charge in [0.15, 0.2) is 0 Å². The molecule has 2 rings (SSSR count). The fraction of sp³-hybridized carbons (Fsp3) is 0.500. The summed E-state index contributed by atoms with van der Waals surface area (Å²) in [6.07, 6.45) is 3.28. The van der Waals surface area contributed by atoms with Crippen molar-refractivity contribution in [2.45, 2.75) is 39.5 Å². The van der Waals surface area contributed by atoms with Crippen LogP contribution in [0.2, 0.25) is 0 Å². The Kier molecular flexibility index (Phi) is 4.26. The molecule has 7 heteroatoms. The van der Waals surface area contributed by atoms with E-state index in [0.29, 0.717) is 29.5 Å². The van der Waals surface area contributed by atoms with Crippen molar-refractivity contribution >= 4 is 0 Å². The molecule has 0 aliphatic heterocycles. The van der Waals surface area contributed by atoms with Gasteiger partial charge in [-0.1, -0.05) is 0 Å². The molecule has 5 nitrogen and oxygen atoms in total. The second kappa shape index (κ2) is 5.92. The topological polar surface area (TPSA) is 47.7 Å². The summed E-state index contributed by atoms with van der Waals surface area (Å²) in [7, 11) is 0. The van der Waals surface area contributed by atoms with E-state index in [1.165, 1.54) is 6.20 Å². The minimum Gasteiger partial charge on any atom is -0.305 e. The molecule has 104 valence electrons. The van der Waals surface area contributed by atoms with Gasteiger partial charge in [0.05, 0.1) is 11.4 Å². The average molecular weight is 269 g/mol. The summed E-state index contributed by atoms with van der Waals surface area (Å²) in [6, 6.07) is 3.80. The third kappa shape index (κ3) is 3.37. The molecule has 0 aromatic carbocycles. The van der Waals surface area contributed by atoms with E-state index in [9.17, 15) is 8.78 Å². The van der Waals surface area contributed by atoms with Crippen LogP contribution in [0.25, 0.3) is 0 Å². The zero-order valence-electron chi connectivity index (χ0n) is 10.9. The maximum atomic E-state index is 12.6. The van der Waals surface area contributed by atoms with Gasteiger partial charge in [-0.3, -0.25) is 4.68 Å². The van der Waals surface area contributed by atoms with Crippen molar-refractivity contribution in [3.63, 3.8) is 0 Å². The van der Waals surface area contributed by atoms with Crippen LogP contribution in [0, 0.1) is 0 Å². The van der Waals surface area contributed by atoms with Crippen molar-refractivity contribution in [1.82, 2.24) is 24.9 Å². The van der Waals surface area contributed by atoms with E-state index in [-0.39, 0.29) is 0 Å². The standard InChI is InChI=1S/C12H17F2N5/c1-9(2)18-6-4-10(17-18)7-15-8-11-3-5-16-19(11)12(13)14/h3-6,9,12,15H,7-8H2,1-2H3. The van der Waals surface area contributed by atoms with E-state index in [4.69, 9.17) is 0 Å². The van der Waals surface area contributed by atoms with Crippen molar-refractivity contribution in [1.29, 1.82) is 0 Å². The fourth-order valence-corrected chi connectivity index (χ4v) is 1.74. The van der Waals surface area contributed by atoms with Crippen LogP contribution in [0.1, 0.15) is 37.8 Å². The Labute approximate surface area is 110 Å². The van der Waals surface area contributed by atoms with Crippen LogP contribution in [0.3, 0.4) is 0 Å². The average Bonchev–Trinajstić information content (AvgIpc) is 2.97. The molecular weight excluding hydrogens is 252 g/mol. The Bertz CT molecular complexity index is 518. The van der Waals surface area contributed by atoms with Gasteiger partial charge in [0, 0.05) is 31.5 Å². The van der Waals surface area contributed by atoms with E-state index < -0.39 is 6.55 Å². The fourth-order valence-electron chi connectivity index (χ4n) is 1.74. The zero-order chi connectivity index (χ0) is 13.8. The number of aromatic nitrogens is 4. The maximum absolute atomic E-state index is 12.6. The number of rotatable bonds is 6. The van der Waals surface area contributed by atoms with Crippen molar-refractivity contribution in [2.24, 2.45) is 0 Å². The van der Waals surface area contributed by atoms with Gasteiger partial charge in [-0.05, 0) is 26.0 Å². The highest BCUT2D eigenvalue weighted by atomic mass is 19.3. The van der Waals surface area contributed by atoms with Crippen molar-refractivity contribution < 1.29 is 8.78 Å². The summed E-state index contributed by atoms with van der Waals surface area (Å²) in [5, 5.41) is 11.0. The van der Waals surface area contributed by atoms with Gasteiger partial charge in [0.25, 0.3) is 0 Å². The number of nitrogens with one attached hydrogen (secondary N) is 1. The Morgan fingerprint density at radius 1 is 1.26 bits per heavy atom. The third-order valence-electron chi connectivity index (χ3n) is 2.74. The molecule has 0 saturated carbocycles. The van der Waals surface area contributed by atoms with Crippen LogP contribution in [0.4, 0.5) is 8.78 Å². The van der Waals surface area contributed by atoms with Gasteiger partial charge in [-0.2, -0.15) is 19.0 Å². The van der Waals surface area contributed by atoms with Crippen LogP contribution in [-0.2, 0) is 13.1 Å². The second-order valence-corrected chi connectivity index (χ2v) is 4.53. The smallest absolute Gasteiger partial charge is 0.305 e. The maximum Gasteiger partial charge on any atom is 0.333 e. The SMILES string of the molecule is CC(C)n1ccc(CNCc2ccnn2C(F)F)n1. The number of nitrogens with zero attached hydrogens (tertiary/aromatic N) is 4. The molecule has 0 bridgehead atoms. The summed E-state index contributed by atoms with van der Waals surface area (Å²) in [6.45, 7) is 2.36. The summed E-state index contributed by atoms with van der Waals surface area (Å²) < 4.78 is 27.7. The molecule has 0 radical (unpaired) electrons. The summed E-state index contributed by atoms with van der Waals surface area (Å²) in [5.74, 6) is 0. The monoisotopic (exact) mass is 269 g/mol. The van der Waals surface area contributed by atoms with Crippen LogP contribution in [-0.4, -0.2) is 19.6 Å². The summed E-state index contributed by atoms with van der Waals surface area (Å²) >= 11 is 0. The number of alkyl halides is 2. The molecule has 0 atom stereocenters.